The minimum atomic E-state index is -0.103. The average Bonchev–Trinajstić information content (AvgIpc) is 3.06. The van der Waals surface area contributed by atoms with Crippen LogP contribution in [0.1, 0.15) is 48.7 Å². The summed E-state index contributed by atoms with van der Waals surface area (Å²) in [6.07, 6.45) is 6.09. The molecule has 2 aliphatic rings. The highest BCUT2D eigenvalue weighted by atomic mass is 16.3. The van der Waals surface area contributed by atoms with Crippen LogP contribution in [-0.2, 0) is 4.79 Å². The lowest BCUT2D eigenvalue weighted by Crippen LogP contribution is -2.57. The van der Waals surface area contributed by atoms with Gasteiger partial charge in [0.05, 0.1) is 11.8 Å². The maximum Gasteiger partial charge on any atom is 0.257 e. The Morgan fingerprint density at radius 1 is 1.24 bits per heavy atom. The molecule has 1 aromatic heterocycles. The van der Waals surface area contributed by atoms with E-state index in [1.54, 1.807) is 17.9 Å². The van der Waals surface area contributed by atoms with Gasteiger partial charge < -0.3 is 19.1 Å². The van der Waals surface area contributed by atoms with Gasteiger partial charge in [-0.1, -0.05) is 13.3 Å². The van der Waals surface area contributed by atoms with Gasteiger partial charge in [-0.2, -0.15) is 0 Å². The zero-order valence-electron chi connectivity index (χ0n) is 15.4. The monoisotopic (exact) mass is 347 g/mol. The number of nitrogens with zero attached hydrogens (tertiary/aromatic N) is 3. The molecule has 2 saturated heterocycles. The minimum absolute atomic E-state index is 0.0766. The molecule has 2 aliphatic heterocycles. The van der Waals surface area contributed by atoms with E-state index in [2.05, 4.69) is 11.8 Å². The van der Waals surface area contributed by atoms with Crippen LogP contribution in [0.3, 0.4) is 0 Å². The van der Waals surface area contributed by atoms with Gasteiger partial charge in [-0.15, -0.1) is 0 Å². The molecule has 0 N–H and O–H groups in total. The van der Waals surface area contributed by atoms with Gasteiger partial charge in [0.2, 0.25) is 5.91 Å². The van der Waals surface area contributed by atoms with Crippen molar-refractivity contribution < 1.29 is 14.0 Å². The topological polar surface area (TPSA) is 57.0 Å². The number of amides is 2. The molecule has 6 nitrogen and oxygen atoms in total. The quantitative estimate of drug-likeness (QED) is 0.819. The normalized spacial score (nSPS) is 20.3. The minimum Gasteiger partial charge on any atom is -0.469 e. The van der Waals surface area contributed by atoms with Crippen LogP contribution in [0.15, 0.2) is 16.7 Å². The number of hydrogen-bond acceptors (Lipinski definition) is 4. The zero-order valence-corrected chi connectivity index (χ0v) is 15.4. The number of hydrogen-bond donors (Lipinski definition) is 0. The summed E-state index contributed by atoms with van der Waals surface area (Å²) in [6, 6.07) is 2.01. The van der Waals surface area contributed by atoms with Crippen LogP contribution >= 0.6 is 0 Å². The van der Waals surface area contributed by atoms with E-state index in [9.17, 15) is 9.59 Å². The summed E-state index contributed by atoms with van der Waals surface area (Å²) in [4.78, 5) is 31.3. The highest BCUT2D eigenvalue weighted by molar-refractivity contribution is 5.97. The molecule has 0 saturated carbocycles. The first-order valence-corrected chi connectivity index (χ1v) is 9.45. The fourth-order valence-electron chi connectivity index (χ4n) is 3.86. The molecule has 0 spiro atoms. The van der Waals surface area contributed by atoms with Crippen molar-refractivity contribution in [2.75, 3.05) is 39.3 Å². The fraction of sp³-hybridized carbons (Fsp3) is 0.684. The Morgan fingerprint density at radius 2 is 2.00 bits per heavy atom. The van der Waals surface area contributed by atoms with Gasteiger partial charge >= 0.3 is 0 Å². The van der Waals surface area contributed by atoms with Gasteiger partial charge in [0, 0.05) is 32.2 Å². The summed E-state index contributed by atoms with van der Waals surface area (Å²) >= 11 is 0. The maximum atomic E-state index is 12.6. The Bertz CT molecular complexity index is 605. The molecule has 25 heavy (non-hydrogen) atoms. The lowest BCUT2D eigenvalue weighted by Gasteiger charge is -2.42. The zero-order chi connectivity index (χ0) is 17.8. The van der Waals surface area contributed by atoms with E-state index >= 15 is 0 Å². The maximum absolute atomic E-state index is 12.6. The number of carbonyl (C=O) groups excluding carboxylic acids is 2. The van der Waals surface area contributed by atoms with Gasteiger partial charge in [0.25, 0.3) is 5.91 Å². The van der Waals surface area contributed by atoms with Crippen molar-refractivity contribution in [3.8, 4) is 0 Å². The van der Waals surface area contributed by atoms with Crippen LogP contribution in [0, 0.1) is 6.92 Å². The van der Waals surface area contributed by atoms with E-state index in [0.717, 1.165) is 25.9 Å². The number of piperidine rings is 1. The Balaban J connectivity index is 1.52. The third-order valence-corrected chi connectivity index (χ3v) is 5.46. The Labute approximate surface area is 149 Å². The molecule has 0 bridgehead atoms. The third-order valence-electron chi connectivity index (χ3n) is 5.46. The largest absolute Gasteiger partial charge is 0.469 e. The van der Waals surface area contributed by atoms with Gasteiger partial charge in [-0.25, -0.2) is 0 Å². The number of rotatable bonds is 5. The first-order chi connectivity index (χ1) is 12.1. The Morgan fingerprint density at radius 3 is 2.60 bits per heavy atom. The predicted octanol–water partition coefficient (Wildman–Crippen LogP) is 2.14. The van der Waals surface area contributed by atoms with E-state index in [0.29, 0.717) is 30.5 Å². The lowest BCUT2D eigenvalue weighted by atomic mass is 10.0. The van der Waals surface area contributed by atoms with E-state index in [4.69, 9.17) is 4.42 Å². The van der Waals surface area contributed by atoms with Crippen molar-refractivity contribution in [2.24, 2.45) is 0 Å². The molecule has 1 aromatic rings. The molecular formula is C19H29N3O3. The number of carbonyl (C=O) groups is 2. The molecule has 3 heterocycles. The van der Waals surface area contributed by atoms with Gasteiger partial charge in [0.15, 0.2) is 0 Å². The number of unbranched alkanes of at least 4 members (excludes halogenated alkanes) is 1. The van der Waals surface area contributed by atoms with E-state index in [1.165, 1.54) is 25.6 Å². The molecular weight excluding hydrogens is 318 g/mol. The highest BCUT2D eigenvalue weighted by Gasteiger charge is 2.34. The number of piperazine rings is 1. The summed E-state index contributed by atoms with van der Waals surface area (Å²) in [6.45, 7) is 8.74. The third kappa shape index (κ3) is 4.06. The van der Waals surface area contributed by atoms with Crippen molar-refractivity contribution in [3.63, 3.8) is 0 Å². The first-order valence-electron chi connectivity index (χ1n) is 9.45. The Kier molecular flexibility index (Phi) is 5.78. The van der Waals surface area contributed by atoms with Crippen molar-refractivity contribution in [1.82, 2.24) is 14.7 Å². The molecule has 138 valence electrons. The van der Waals surface area contributed by atoms with Crippen LogP contribution in [0.2, 0.25) is 0 Å². The molecule has 0 aliphatic carbocycles. The molecule has 0 unspecified atom stereocenters. The van der Waals surface area contributed by atoms with Gasteiger partial charge in [0.1, 0.15) is 12.3 Å². The molecule has 0 atom stereocenters. The van der Waals surface area contributed by atoms with E-state index < -0.39 is 0 Å². The fourth-order valence-corrected chi connectivity index (χ4v) is 3.86. The van der Waals surface area contributed by atoms with Crippen LogP contribution < -0.4 is 0 Å². The summed E-state index contributed by atoms with van der Waals surface area (Å²) in [7, 11) is 0. The summed E-state index contributed by atoms with van der Waals surface area (Å²) < 4.78 is 5.21. The van der Waals surface area contributed by atoms with Crippen LogP contribution in [-0.4, -0.2) is 71.8 Å². The first kappa shape index (κ1) is 18.0. The van der Waals surface area contributed by atoms with Crippen molar-refractivity contribution in [1.29, 1.82) is 0 Å². The summed E-state index contributed by atoms with van der Waals surface area (Å²) in [5.74, 6) is 0.584. The molecule has 0 radical (unpaired) electrons. The number of furan rings is 1. The average molecular weight is 347 g/mol. The van der Waals surface area contributed by atoms with Crippen molar-refractivity contribution in [2.45, 2.75) is 45.6 Å². The SMILES string of the molecule is CCCCN1CCC(N2CCN(C(=O)c3ccoc3C)CC2=O)CC1. The number of likely N-dealkylation sites (tertiary alicyclic amines) is 1. The van der Waals surface area contributed by atoms with E-state index in [-0.39, 0.29) is 18.4 Å². The highest BCUT2D eigenvalue weighted by Crippen LogP contribution is 2.21. The van der Waals surface area contributed by atoms with Crippen molar-refractivity contribution in [3.05, 3.63) is 23.7 Å². The number of aryl methyl sites for hydroxylation is 1. The Hall–Kier alpha value is -1.82. The second-order valence-corrected chi connectivity index (χ2v) is 7.13. The smallest absolute Gasteiger partial charge is 0.257 e. The second-order valence-electron chi connectivity index (χ2n) is 7.13. The summed E-state index contributed by atoms with van der Waals surface area (Å²) in [5.41, 5.74) is 0.561. The summed E-state index contributed by atoms with van der Waals surface area (Å²) in [5, 5.41) is 0. The van der Waals surface area contributed by atoms with Gasteiger partial charge in [-0.3, -0.25) is 9.59 Å². The van der Waals surface area contributed by atoms with E-state index in [1.807, 2.05) is 4.90 Å². The molecule has 2 fully saturated rings. The van der Waals surface area contributed by atoms with Crippen molar-refractivity contribution >= 4 is 11.8 Å². The lowest BCUT2D eigenvalue weighted by molar-refractivity contribution is -0.138. The second kappa shape index (κ2) is 8.04. The molecule has 0 aromatic carbocycles. The predicted molar refractivity (Wildman–Crippen MR) is 95.4 cm³/mol. The van der Waals surface area contributed by atoms with Crippen LogP contribution in [0.4, 0.5) is 0 Å². The standard InChI is InChI=1S/C19H29N3O3/c1-3-4-8-20-9-5-16(6-10-20)22-12-11-21(14-18(22)23)19(24)17-7-13-25-15(17)2/h7,13,16H,3-6,8-12,14H2,1-2H3. The van der Waals surface area contributed by atoms with Gasteiger partial charge in [-0.05, 0) is 38.8 Å². The molecule has 6 heteroatoms. The van der Waals surface area contributed by atoms with Crippen LogP contribution in [0.25, 0.3) is 0 Å². The van der Waals surface area contributed by atoms with Crippen LogP contribution in [0.5, 0.6) is 0 Å². The molecule has 2 amide bonds. The molecule has 3 rings (SSSR count).